The Hall–Kier alpha value is -2.50. The van der Waals surface area contributed by atoms with Crippen molar-refractivity contribution in [2.75, 3.05) is 55.0 Å². The Labute approximate surface area is 156 Å². The lowest BCUT2D eigenvalue weighted by Crippen LogP contribution is -2.46. The fraction of sp³-hybridized carbons (Fsp3) is 0.500. The van der Waals surface area contributed by atoms with Crippen LogP contribution in [0, 0.1) is 0 Å². The molecule has 6 heteroatoms. The minimum absolute atomic E-state index is 0.733. The van der Waals surface area contributed by atoms with Crippen LogP contribution in [0.15, 0.2) is 36.5 Å². The van der Waals surface area contributed by atoms with Crippen molar-refractivity contribution in [1.29, 1.82) is 0 Å². The number of aromatic nitrogens is 2. The predicted octanol–water partition coefficient (Wildman–Crippen LogP) is 3.41. The van der Waals surface area contributed by atoms with Crippen LogP contribution in [0.1, 0.15) is 26.2 Å². The Bertz CT molecular complexity index is 668. The zero-order valence-corrected chi connectivity index (χ0v) is 15.8. The topological polar surface area (TPSA) is 53.5 Å². The van der Waals surface area contributed by atoms with E-state index in [9.17, 15) is 0 Å². The Morgan fingerprint density at radius 3 is 2.42 bits per heavy atom. The van der Waals surface area contributed by atoms with E-state index in [1.54, 1.807) is 7.11 Å². The third-order valence-electron chi connectivity index (χ3n) is 4.75. The summed E-state index contributed by atoms with van der Waals surface area (Å²) in [6.45, 7) is 7.02. The van der Waals surface area contributed by atoms with Crippen LogP contribution in [0.2, 0.25) is 0 Å². The molecule has 0 unspecified atom stereocenters. The highest BCUT2D eigenvalue weighted by Gasteiger charge is 2.18. The summed E-state index contributed by atoms with van der Waals surface area (Å²) in [7, 11) is 1.70. The van der Waals surface area contributed by atoms with Gasteiger partial charge in [-0.3, -0.25) is 0 Å². The highest BCUT2D eigenvalue weighted by atomic mass is 16.5. The van der Waals surface area contributed by atoms with Gasteiger partial charge >= 0.3 is 0 Å². The first-order valence-electron chi connectivity index (χ1n) is 9.51. The van der Waals surface area contributed by atoms with Gasteiger partial charge in [-0.2, -0.15) is 4.98 Å². The number of benzene rings is 1. The van der Waals surface area contributed by atoms with E-state index in [-0.39, 0.29) is 0 Å². The zero-order valence-electron chi connectivity index (χ0n) is 15.8. The predicted molar refractivity (Wildman–Crippen MR) is 107 cm³/mol. The van der Waals surface area contributed by atoms with Crippen molar-refractivity contribution in [1.82, 2.24) is 9.97 Å². The molecule has 0 bridgehead atoms. The van der Waals surface area contributed by atoms with Gasteiger partial charge in [-0.25, -0.2) is 4.98 Å². The fourth-order valence-electron chi connectivity index (χ4n) is 3.17. The highest BCUT2D eigenvalue weighted by Crippen LogP contribution is 2.22. The molecule has 26 heavy (non-hydrogen) atoms. The standard InChI is InChI=1S/C20H29N5O/c1-3-4-5-11-21-20-22-12-10-19(23-20)25-15-13-24(14-16-25)17-6-8-18(26-2)9-7-17/h6-10,12H,3-5,11,13-16H2,1-2H3,(H,21,22,23). The van der Waals surface area contributed by atoms with Crippen molar-refractivity contribution in [3.8, 4) is 5.75 Å². The van der Waals surface area contributed by atoms with Gasteiger partial charge in [0.2, 0.25) is 5.95 Å². The van der Waals surface area contributed by atoms with E-state index < -0.39 is 0 Å². The Morgan fingerprint density at radius 2 is 1.73 bits per heavy atom. The second-order valence-electron chi connectivity index (χ2n) is 6.54. The van der Waals surface area contributed by atoms with Crippen LogP contribution in [-0.2, 0) is 0 Å². The lowest BCUT2D eigenvalue weighted by atomic mass is 10.2. The van der Waals surface area contributed by atoms with Crippen LogP contribution in [0.5, 0.6) is 5.75 Å². The van der Waals surface area contributed by atoms with Crippen molar-refractivity contribution in [2.24, 2.45) is 0 Å². The van der Waals surface area contributed by atoms with Gasteiger partial charge in [-0.15, -0.1) is 0 Å². The summed E-state index contributed by atoms with van der Waals surface area (Å²) in [4.78, 5) is 13.8. The molecule has 2 heterocycles. The van der Waals surface area contributed by atoms with Crippen LogP contribution >= 0.6 is 0 Å². The second kappa shape index (κ2) is 9.27. The largest absolute Gasteiger partial charge is 0.497 e. The molecule has 0 spiro atoms. The maximum Gasteiger partial charge on any atom is 0.224 e. The number of methoxy groups -OCH3 is 1. The minimum atomic E-state index is 0.733. The second-order valence-corrected chi connectivity index (χ2v) is 6.54. The molecule has 2 aromatic rings. The van der Waals surface area contributed by atoms with Gasteiger partial charge in [-0.05, 0) is 36.8 Å². The van der Waals surface area contributed by atoms with Gasteiger partial charge in [0.05, 0.1) is 7.11 Å². The molecule has 0 amide bonds. The molecule has 1 aliphatic rings. The zero-order chi connectivity index (χ0) is 18.2. The van der Waals surface area contributed by atoms with E-state index >= 15 is 0 Å². The Kier molecular flexibility index (Phi) is 6.52. The number of anilines is 3. The Balaban J connectivity index is 1.54. The summed E-state index contributed by atoms with van der Waals surface area (Å²) < 4.78 is 5.24. The lowest BCUT2D eigenvalue weighted by Gasteiger charge is -2.36. The molecule has 1 aliphatic heterocycles. The molecule has 1 fully saturated rings. The maximum atomic E-state index is 5.24. The monoisotopic (exact) mass is 355 g/mol. The third-order valence-corrected chi connectivity index (χ3v) is 4.75. The summed E-state index contributed by atoms with van der Waals surface area (Å²) in [5.41, 5.74) is 1.24. The van der Waals surface area contributed by atoms with Crippen molar-refractivity contribution >= 4 is 17.5 Å². The molecule has 1 N–H and O–H groups in total. The molecule has 1 saturated heterocycles. The summed E-state index contributed by atoms with van der Waals surface area (Å²) in [6, 6.07) is 10.3. The van der Waals surface area contributed by atoms with Gasteiger partial charge in [0, 0.05) is 44.6 Å². The van der Waals surface area contributed by atoms with E-state index in [1.165, 1.54) is 18.5 Å². The highest BCUT2D eigenvalue weighted by molar-refractivity contribution is 5.51. The molecule has 3 rings (SSSR count). The first-order chi connectivity index (χ1) is 12.8. The van der Waals surface area contributed by atoms with Gasteiger partial charge < -0.3 is 19.9 Å². The van der Waals surface area contributed by atoms with Crippen LogP contribution in [0.3, 0.4) is 0 Å². The summed E-state index contributed by atoms with van der Waals surface area (Å²) in [6.07, 6.45) is 5.46. The van der Waals surface area contributed by atoms with Crippen LogP contribution in [0.4, 0.5) is 17.5 Å². The van der Waals surface area contributed by atoms with Crippen molar-refractivity contribution in [2.45, 2.75) is 26.2 Å². The third kappa shape index (κ3) is 4.77. The molecular weight excluding hydrogens is 326 g/mol. The smallest absolute Gasteiger partial charge is 0.224 e. The number of hydrogen-bond donors (Lipinski definition) is 1. The number of rotatable bonds is 8. The van der Waals surface area contributed by atoms with Crippen molar-refractivity contribution in [3.05, 3.63) is 36.5 Å². The van der Waals surface area contributed by atoms with Crippen molar-refractivity contribution in [3.63, 3.8) is 0 Å². The number of hydrogen-bond acceptors (Lipinski definition) is 6. The quantitative estimate of drug-likeness (QED) is 0.733. The van der Waals surface area contributed by atoms with Crippen LogP contribution in [-0.4, -0.2) is 49.8 Å². The molecule has 140 valence electrons. The van der Waals surface area contributed by atoms with Gasteiger partial charge in [-0.1, -0.05) is 19.8 Å². The maximum absolute atomic E-state index is 5.24. The minimum Gasteiger partial charge on any atom is -0.497 e. The molecule has 0 radical (unpaired) electrons. The van der Waals surface area contributed by atoms with Gasteiger partial charge in [0.25, 0.3) is 0 Å². The van der Waals surface area contributed by atoms with Gasteiger partial charge in [0.15, 0.2) is 0 Å². The molecule has 0 aliphatic carbocycles. The van der Waals surface area contributed by atoms with Gasteiger partial charge in [0.1, 0.15) is 11.6 Å². The normalized spacial score (nSPS) is 14.4. The number of unbranched alkanes of at least 4 members (excludes halogenated alkanes) is 2. The van der Waals surface area contributed by atoms with Crippen LogP contribution in [0.25, 0.3) is 0 Å². The summed E-state index contributed by atoms with van der Waals surface area (Å²) in [5, 5.41) is 3.33. The van der Waals surface area contributed by atoms with Crippen LogP contribution < -0.4 is 19.9 Å². The number of ether oxygens (including phenoxy) is 1. The number of nitrogens with zero attached hydrogens (tertiary/aromatic N) is 4. The van der Waals surface area contributed by atoms with Crippen molar-refractivity contribution < 1.29 is 4.74 Å². The molecule has 1 aromatic carbocycles. The summed E-state index contributed by atoms with van der Waals surface area (Å²) in [5.74, 6) is 2.64. The van der Waals surface area contributed by atoms with E-state index in [0.717, 1.165) is 56.7 Å². The van der Waals surface area contributed by atoms with E-state index in [1.807, 2.05) is 24.4 Å². The first kappa shape index (κ1) is 18.3. The fourth-order valence-corrected chi connectivity index (χ4v) is 3.17. The molecule has 6 nitrogen and oxygen atoms in total. The average molecular weight is 355 g/mol. The first-order valence-corrected chi connectivity index (χ1v) is 9.51. The molecule has 0 saturated carbocycles. The SMILES string of the molecule is CCCCCNc1nccc(N2CCN(c3ccc(OC)cc3)CC2)n1. The summed E-state index contributed by atoms with van der Waals surface area (Å²) >= 11 is 0. The van der Waals surface area contributed by atoms with E-state index in [2.05, 4.69) is 44.1 Å². The van der Waals surface area contributed by atoms with E-state index in [4.69, 9.17) is 4.74 Å². The van der Waals surface area contributed by atoms with E-state index in [0.29, 0.717) is 0 Å². The Morgan fingerprint density at radius 1 is 1.00 bits per heavy atom. The number of piperazine rings is 1. The average Bonchev–Trinajstić information content (AvgIpc) is 2.72. The number of nitrogens with one attached hydrogen (secondary N) is 1. The molecule has 0 atom stereocenters. The molecule has 1 aromatic heterocycles. The lowest BCUT2D eigenvalue weighted by molar-refractivity contribution is 0.415. The molecular formula is C20H29N5O.